The summed E-state index contributed by atoms with van der Waals surface area (Å²) >= 11 is 18.4. The predicted molar refractivity (Wildman–Crippen MR) is 188 cm³/mol. The van der Waals surface area contributed by atoms with Crippen molar-refractivity contribution in [1.82, 2.24) is 29.2 Å². The molecule has 0 aliphatic carbocycles. The van der Waals surface area contributed by atoms with Crippen molar-refractivity contribution in [3.8, 4) is 22.5 Å². The second-order valence-electron chi connectivity index (χ2n) is 10.4. The maximum absolute atomic E-state index is 11.6. The van der Waals surface area contributed by atoms with Gasteiger partial charge in [-0.3, -0.25) is 0 Å². The Morgan fingerprint density at radius 3 is 1.76 bits per heavy atom. The zero-order valence-corrected chi connectivity index (χ0v) is 28.2. The van der Waals surface area contributed by atoms with E-state index in [1.165, 1.54) is 14.2 Å². The lowest BCUT2D eigenvalue weighted by molar-refractivity contribution is 0.0592. The minimum Gasteiger partial charge on any atom is -0.465 e. The molecule has 0 amide bonds. The molecule has 1 N–H and O–H groups in total. The van der Waals surface area contributed by atoms with E-state index in [0.717, 1.165) is 33.9 Å². The number of fused-ring (bicyclic) bond motifs is 2. The van der Waals surface area contributed by atoms with E-state index in [1.54, 1.807) is 82.1 Å². The van der Waals surface area contributed by atoms with Gasteiger partial charge in [-0.15, -0.1) is 0 Å². The number of anilines is 1. The summed E-state index contributed by atoms with van der Waals surface area (Å²) in [7, 11) is 2.71. The first-order chi connectivity index (χ1) is 23.7. The quantitative estimate of drug-likeness (QED) is 0.129. The number of methoxy groups -OCH3 is 2. The number of nitrogens with zero attached hydrogens (tertiary/aromatic N) is 6. The lowest BCUT2D eigenvalue weighted by Crippen LogP contribution is -2.07. The zero-order chi connectivity index (χ0) is 34.5. The first-order valence-corrected chi connectivity index (χ1v) is 15.8. The molecule has 0 aliphatic rings. The van der Waals surface area contributed by atoms with E-state index in [-0.39, 0.29) is 11.9 Å². The molecule has 4 heterocycles. The number of nitrogens with one attached hydrogen (secondary N) is 1. The Bertz CT molecular complexity index is 2290. The van der Waals surface area contributed by atoms with Crippen LogP contribution in [0, 0.1) is 0 Å². The Morgan fingerprint density at radius 1 is 0.673 bits per heavy atom. The molecule has 3 aromatic carbocycles. The van der Waals surface area contributed by atoms with Gasteiger partial charge in [0.2, 0.25) is 0 Å². The van der Waals surface area contributed by atoms with Crippen molar-refractivity contribution < 1.29 is 19.1 Å². The molecule has 0 saturated heterocycles. The molecule has 7 aromatic rings. The van der Waals surface area contributed by atoms with Gasteiger partial charge in [-0.25, -0.2) is 24.1 Å². The zero-order valence-electron chi connectivity index (χ0n) is 26.0. The summed E-state index contributed by atoms with van der Waals surface area (Å²) in [5.74, 6) is 0.0183. The molecular weight excluding hydrogens is 689 g/mol. The Balaban J connectivity index is 0.000000182. The monoisotopic (exact) mass is 713 g/mol. The molecule has 0 aliphatic heterocycles. The SMILES string of the molecule is COC(=O)c1ccc(-c2cc(Cl)n3nccc3n2)cc1.COC(=O)c1ccc(-c2cc(NCc3ccc(Cl)cc3Cl)n3nccc3n2)cc1. The number of carbonyl (C=O) groups excluding carboxylic acids is 2. The molecule has 0 unspecified atom stereocenters. The number of hydrogen-bond acceptors (Lipinski definition) is 9. The van der Waals surface area contributed by atoms with E-state index in [9.17, 15) is 9.59 Å². The summed E-state index contributed by atoms with van der Waals surface area (Å²) in [5.41, 5.74) is 6.46. The molecule has 7 rings (SSSR count). The van der Waals surface area contributed by atoms with Crippen LogP contribution in [-0.4, -0.2) is 55.4 Å². The van der Waals surface area contributed by atoms with Gasteiger partial charge in [-0.05, 0) is 42.0 Å². The van der Waals surface area contributed by atoms with Gasteiger partial charge in [0, 0.05) is 52.0 Å². The summed E-state index contributed by atoms with van der Waals surface area (Å²) in [6.45, 7) is 0.496. The Hall–Kier alpha value is -5.49. The molecule has 49 heavy (non-hydrogen) atoms. The van der Waals surface area contributed by atoms with Crippen LogP contribution in [0.2, 0.25) is 15.2 Å². The molecule has 0 saturated carbocycles. The van der Waals surface area contributed by atoms with Crippen molar-refractivity contribution in [2.24, 2.45) is 0 Å². The highest BCUT2D eigenvalue weighted by Crippen LogP contribution is 2.26. The average molecular weight is 715 g/mol. The van der Waals surface area contributed by atoms with Crippen molar-refractivity contribution in [1.29, 1.82) is 0 Å². The minimum atomic E-state index is -0.377. The van der Waals surface area contributed by atoms with Crippen LogP contribution >= 0.6 is 34.8 Å². The first-order valence-electron chi connectivity index (χ1n) is 14.6. The molecule has 0 atom stereocenters. The summed E-state index contributed by atoms with van der Waals surface area (Å²) < 4.78 is 12.7. The van der Waals surface area contributed by atoms with Crippen molar-refractivity contribution in [2.75, 3.05) is 19.5 Å². The van der Waals surface area contributed by atoms with Crippen LogP contribution < -0.4 is 5.32 Å². The third-order valence-corrected chi connectivity index (χ3v) is 8.21. The summed E-state index contributed by atoms with van der Waals surface area (Å²) in [4.78, 5) is 32.1. The van der Waals surface area contributed by atoms with E-state index < -0.39 is 0 Å². The van der Waals surface area contributed by atoms with Crippen molar-refractivity contribution in [3.63, 3.8) is 0 Å². The van der Waals surface area contributed by atoms with Gasteiger partial charge in [-0.2, -0.15) is 14.7 Å². The standard InChI is InChI=1S/C21H16Cl2N4O2.C14H10ClN3O2/c1-29-21(28)14-4-2-13(3-5-14)18-11-20(27-19(26-18)8-9-25-27)24-12-15-6-7-16(22)10-17(15)23;1-20-14(19)10-4-2-9(3-5-10)11-8-12(15)18-13(17-11)6-7-16-18/h2-11,24H,12H2,1H3;2-8H,1H3. The predicted octanol–water partition coefficient (Wildman–Crippen LogP) is 7.94. The summed E-state index contributed by atoms with van der Waals surface area (Å²) in [6, 6.07) is 26.7. The highest BCUT2D eigenvalue weighted by atomic mass is 35.5. The van der Waals surface area contributed by atoms with E-state index >= 15 is 0 Å². The number of carbonyl (C=O) groups is 2. The molecule has 4 aromatic heterocycles. The molecule has 246 valence electrons. The van der Waals surface area contributed by atoms with Crippen LogP contribution in [-0.2, 0) is 16.0 Å². The van der Waals surface area contributed by atoms with Crippen molar-refractivity contribution in [3.05, 3.63) is 135 Å². The molecule has 14 heteroatoms. The summed E-state index contributed by atoms with van der Waals surface area (Å²) in [5, 5.41) is 13.4. The maximum atomic E-state index is 11.6. The van der Waals surface area contributed by atoms with Gasteiger partial charge >= 0.3 is 11.9 Å². The van der Waals surface area contributed by atoms with Crippen LogP contribution in [0.3, 0.4) is 0 Å². The van der Waals surface area contributed by atoms with Gasteiger partial charge in [-0.1, -0.05) is 65.1 Å². The average Bonchev–Trinajstić information content (AvgIpc) is 3.81. The van der Waals surface area contributed by atoms with Gasteiger partial charge in [0.15, 0.2) is 11.3 Å². The second-order valence-corrected chi connectivity index (χ2v) is 11.7. The van der Waals surface area contributed by atoms with Crippen LogP contribution in [0.1, 0.15) is 26.3 Å². The van der Waals surface area contributed by atoms with E-state index in [4.69, 9.17) is 39.5 Å². The molecular formula is C35H26Cl3N7O4. The van der Waals surface area contributed by atoms with Crippen molar-refractivity contribution in [2.45, 2.75) is 6.54 Å². The molecule has 0 bridgehead atoms. The largest absolute Gasteiger partial charge is 0.465 e. The fourth-order valence-electron chi connectivity index (χ4n) is 4.85. The topological polar surface area (TPSA) is 125 Å². The fraction of sp³-hybridized carbons (Fsp3) is 0.0857. The highest BCUT2D eigenvalue weighted by Gasteiger charge is 2.12. The van der Waals surface area contributed by atoms with E-state index in [1.807, 2.05) is 30.3 Å². The van der Waals surface area contributed by atoms with Gasteiger partial charge in [0.1, 0.15) is 11.0 Å². The highest BCUT2D eigenvalue weighted by molar-refractivity contribution is 6.35. The summed E-state index contributed by atoms with van der Waals surface area (Å²) in [6.07, 6.45) is 3.32. The molecule has 11 nitrogen and oxygen atoms in total. The Morgan fingerprint density at radius 2 is 1.20 bits per heavy atom. The lowest BCUT2D eigenvalue weighted by Gasteiger charge is -2.12. The maximum Gasteiger partial charge on any atom is 0.337 e. The van der Waals surface area contributed by atoms with Gasteiger partial charge in [0.25, 0.3) is 0 Å². The third-order valence-electron chi connectivity index (χ3n) is 7.35. The Labute approximate surface area is 295 Å². The van der Waals surface area contributed by atoms with Gasteiger partial charge in [0.05, 0.1) is 49.1 Å². The first kappa shape index (κ1) is 33.4. The minimum absolute atomic E-state index is 0.367. The molecule has 0 spiro atoms. The molecule has 0 radical (unpaired) electrons. The van der Waals surface area contributed by atoms with Crippen LogP contribution in [0.4, 0.5) is 5.82 Å². The van der Waals surface area contributed by atoms with Crippen LogP contribution in [0.5, 0.6) is 0 Å². The van der Waals surface area contributed by atoms with Crippen LogP contribution in [0.25, 0.3) is 33.8 Å². The number of halogens is 3. The number of rotatable bonds is 7. The fourth-order valence-corrected chi connectivity index (χ4v) is 5.56. The number of aromatic nitrogens is 6. The van der Waals surface area contributed by atoms with E-state index in [0.29, 0.717) is 44.2 Å². The van der Waals surface area contributed by atoms with Gasteiger partial charge < -0.3 is 14.8 Å². The normalized spacial score (nSPS) is 10.8. The Kier molecular flexibility index (Phi) is 10.0. The van der Waals surface area contributed by atoms with Crippen molar-refractivity contribution >= 4 is 63.9 Å². The smallest absolute Gasteiger partial charge is 0.337 e. The number of benzene rings is 3. The lowest BCUT2D eigenvalue weighted by atomic mass is 10.1. The number of ether oxygens (including phenoxy) is 2. The molecule has 0 fully saturated rings. The number of hydrogen-bond donors (Lipinski definition) is 1. The number of esters is 2. The van der Waals surface area contributed by atoms with Crippen LogP contribution in [0.15, 0.2) is 103 Å². The second kappa shape index (κ2) is 14.7. The third kappa shape index (κ3) is 7.49. The van der Waals surface area contributed by atoms with E-state index in [2.05, 4.69) is 30.2 Å².